The van der Waals surface area contributed by atoms with Crippen molar-refractivity contribution >= 4 is 16.7 Å². The summed E-state index contributed by atoms with van der Waals surface area (Å²) >= 11 is 0. The van der Waals surface area contributed by atoms with Crippen LogP contribution in [0.4, 0.5) is 5.82 Å². The van der Waals surface area contributed by atoms with Crippen LogP contribution in [0, 0.1) is 5.92 Å². The average molecular weight is 305 g/mol. The first-order chi connectivity index (χ1) is 11.3. The number of nitrogens with one attached hydrogen (secondary N) is 1. The first kappa shape index (κ1) is 14.0. The minimum absolute atomic E-state index is 0.0602. The van der Waals surface area contributed by atoms with E-state index < -0.39 is 0 Å². The number of aromatic nitrogens is 2. The number of phenols is 1. The lowest BCUT2D eigenvalue weighted by Crippen LogP contribution is -2.26. The van der Waals surface area contributed by atoms with E-state index in [1.54, 1.807) is 12.4 Å². The summed E-state index contributed by atoms with van der Waals surface area (Å²) in [5.41, 5.74) is 1.57. The number of fused-ring (bicyclic) bond motifs is 1. The number of rotatable bonds is 4. The third-order valence-corrected chi connectivity index (χ3v) is 4.70. The Morgan fingerprint density at radius 2 is 1.87 bits per heavy atom. The van der Waals surface area contributed by atoms with E-state index in [2.05, 4.69) is 15.3 Å². The van der Waals surface area contributed by atoms with Crippen LogP contribution in [-0.4, -0.2) is 15.1 Å². The van der Waals surface area contributed by atoms with Crippen LogP contribution in [0.5, 0.6) is 5.75 Å². The third-order valence-electron chi connectivity index (χ3n) is 4.70. The molecule has 1 fully saturated rings. The van der Waals surface area contributed by atoms with Crippen molar-refractivity contribution < 1.29 is 5.11 Å². The molecule has 0 bridgehead atoms. The molecule has 1 unspecified atom stereocenters. The summed E-state index contributed by atoms with van der Waals surface area (Å²) in [4.78, 5) is 8.71. The number of phenolic OH excluding ortho intramolecular Hbond substituents is 1. The lowest BCUT2D eigenvalue weighted by atomic mass is 9.76. The molecule has 0 radical (unpaired) electrons. The predicted octanol–water partition coefficient (Wildman–Crippen LogP) is 4.29. The highest BCUT2D eigenvalue weighted by molar-refractivity contribution is 5.85. The summed E-state index contributed by atoms with van der Waals surface area (Å²) in [6.07, 6.45) is 7.09. The van der Waals surface area contributed by atoms with Gasteiger partial charge in [0.1, 0.15) is 17.1 Å². The van der Waals surface area contributed by atoms with Gasteiger partial charge in [-0.25, -0.2) is 4.98 Å². The van der Waals surface area contributed by atoms with Crippen LogP contribution < -0.4 is 5.32 Å². The predicted molar refractivity (Wildman–Crippen MR) is 91.3 cm³/mol. The Morgan fingerprint density at radius 3 is 2.61 bits per heavy atom. The lowest BCUT2D eigenvalue weighted by molar-refractivity contribution is 0.273. The van der Waals surface area contributed by atoms with Gasteiger partial charge in [0.25, 0.3) is 0 Å². The Labute approximate surface area is 135 Å². The first-order valence-corrected chi connectivity index (χ1v) is 8.07. The van der Waals surface area contributed by atoms with Crippen molar-refractivity contribution in [1.29, 1.82) is 0 Å². The molecule has 2 aromatic heterocycles. The van der Waals surface area contributed by atoms with Crippen molar-refractivity contribution in [1.82, 2.24) is 9.97 Å². The molecular formula is C19H19N3O. The monoisotopic (exact) mass is 305 g/mol. The molecule has 0 saturated heterocycles. The normalized spacial score (nSPS) is 16.0. The minimum Gasteiger partial charge on any atom is -0.505 e. The average Bonchev–Trinajstić information content (AvgIpc) is 2.54. The summed E-state index contributed by atoms with van der Waals surface area (Å²) in [5.74, 6) is 1.64. The van der Waals surface area contributed by atoms with Crippen LogP contribution in [-0.2, 0) is 0 Å². The van der Waals surface area contributed by atoms with Gasteiger partial charge in [0.2, 0.25) is 0 Å². The van der Waals surface area contributed by atoms with Crippen molar-refractivity contribution in [3.8, 4) is 5.75 Å². The minimum atomic E-state index is 0.0602. The number of nitrogens with zero attached hydrogens (tertiary/aromatic N) is 2. The van der Waals surface area contributed by atoms with Gasteiger partial charge in [0, 0.05) is 23.3 Å². The van der Waals surface area contributed by atoms with Crippen LogP contribution in [0.15, 0.2) is 54.9 Å². The SMILES string of the molecule is Oc1c(C(Nc2ccccn2)C2CCC2)ccc2cccnc12. The molecule has 4 rings (SSSR count). The van der Waals surface area contributed by atoms with Gasteiger partial charge in [-0.3, -0.25) is 4.98 Å². The number of aromatic hydroxyl groups is 1. The molecule has 1 atom stereocenters. The Kier molecular flexibility index (Phi) is 3.58. The zero-order valence-corrected chi connectivity index (χ0v) is 12.8. The molecule has 1 aromatic carbocycles. The molecule has 1 aliphatic carbocycles. The molecule has 1 saturated carbocycles. The second kappa shape index (κ2) is 5.88. The third kappa shape index (κ3) is 2.61. The first-order valence-electron chi connectivity index (χ1n) is 8.07. The quantitative estimate of drug-likeness (QED) is 0.755. The van der Waals surface area contributed by atoms with Crippen molar-refractivity contribution in [3.63, 3.8) is 0 Å². The molecular weight excluding hydrogens is 286 g/mol. The van der Waals surface area contributed by atoms with E-state index in [1.165, 1.54) is 19.3 Å². The second-order valence-electron chi connectivity index (χ2n) is 6.11. The van der Waals surface area contributed by atoms with Gasteiger partial charge in [-0.2, -0.15) is 0 Å². The van der Waals surface area contributed by atoms with E-state index in [4.69, 9.17) is 0 Å². The standard InChI is InChI=1S/C19H19N3O/c23-19-15(10-9-14-7-4-12-21-18(14)19)17(13-5-3-6-13)22-16-8-1-2-11-20-16/h1-2,4,7-13,17,23H,3,5-6H2,(H,20,22). The number of anilines is 1. The van der Waals surface area contributed by atoms with Gasteiger partial charge in [0.05, 0.1) is 6.04 Å². The summed E-state index contributed by atoms with van der Waals surface area (Å²) < 4.78 is 0. The van der Waals surface area contributed by atoms with Gasteiger partial charge < -0.3 is 10.4 Å². The van der Waals surface area contributed by atoms with E-state index >= 15 is 0 Å². The summed E-state index contributed by atoms with van der Waals surface area (Å²) in [6, 6.07) is 13.8. The highest BCUT2D eigenvalue weighted by atomic mass is 16.3. The van der Waals surface area contributed by atoms with Crippen LogP contribution in [0.1, 0.15) is 30.9 Å². The molecule has 3 aromatic rings. The molecule has 4 heteroatoms. The fourth-order valence-corrected chi connectivity index (χ4v) is 3.23. The lowest BCUT2D eigenvalue weighted by Gasteiger charge is -2.35. The molecule has 116 valence electrons. The Bertz CT molecular complexity index is 815. The highest BCUT2D eigenvalue weighted by Gasteiger charge is 2.31. The van der Waals surface area contributed by atoms with Gasteiger partial charge in [-0.05, 0) is 37.0 Å². The summed E-state index contributed by atoms with van der Waals surface area (Å²) in [7, 11) is 0. The molecule has 0 amide bonds. The molecule has 2 heterocycles. The van der Waals surface area contributed by atoms with Crippen LogP contribution in [0.25, 0.3) is 10.9 Å². The fraction of sp³-hybridized carbons (Fsp3) is 0.263. The number of hydrogen-bond donors (Lipinski definition) is 2. The maximum atomic E-state index is 10.7. The second-order valence-corrected chi connectivity index (χ2v) is 6.11. The van der Waals surface area contributed by atoms with Crippen molar-refractivity contribution in [2.75, 3.05) is 5.32 Å². The number of hydrogen-bond acceptors (Lipinski definition) is 4. The molecule has 0 aliphatic heterocycles. The van der Waals surface area contributed by atoms with E-state index in [-0.39, 0.29) is 11.8 Å². The van der Waals surface area contributed by atoms with E-state index in [0.29, 0.717) is 11.4 Å². The van der Waals surface area contributed by atoms with Crippen molar-refractivity contribution in [2.45, 2.75) is 25.3 Å². The molecule has 4 nitrogen and oxygen atoms in total. The van der Waals surface area contributed by atoms with Crippen molar-refractivity contribution in [2.24, 2.45) is 5.92 Å². The highest BCUT2D eigenvalue weighted by Crippen LogP contribution is 2.43. The van der Waals surface area contributed by atoms with Crippen LogP contribution in [0.2, 0.25) is 0 Å². The number of benzene rings is 1. The maximum absolute atomic E-state index is 10.7. The molecule has 2 N–H and O–H groups in total. The molecule has 0 spiro atoms. The zero-order chi connectivity index (χ0) is 15.6. The van der Waals surface area contributed by atoms with E-state index in [9.17, 15) is 5.11 Å². The Morgan fingerprint density at radius 1 is 1.00 bits per heavy atom. The fourth-order valence-electron chi connectivity index (χ4n) is 3.23. The van der Waals surface area contributed by atoms with E-state index in [1.807, 2.05) is 42.5 Å². The largest absolute Gasteiger partial charge is 0.505 e. The zero-order valence-electron chi connectivity index (χ0n) is 12.8. The van der Waals surface area contributed by atoms with Gasteiger partial charge in [-0.1, -0.05) is 30.7 Å². The maximum Gasteiger partial charge on any atom is 0.147 e. The summed E-state index contributed by atoms with van der Waals surface area (Å²) in [5, 5.41) is 15.2. The Hall–Kier alpha value is -2.62. The molecule has 1 aliphatic rings. The smallest absolute Gasteiger partial charge is 0.147 e. The van der Waals surface area contributed by atoms with Gasteiger partial charge >= 0.3 is 0 Å². The molecule has 23 heavy (non-hydrogen) atoms. The van der Waals surface area contributed by atoms with Crippen molar-refractivity contribution in [3.05, 3.63) is 60.4 Å². The van der Waals surface area contributed by atoms with Crippen LogP contribution >= 0.6 is 0 Å². The Balaban J connectivity index is 1.75. The van der Waals surface area contributed by atoms with Gasteiger partial charge in [-0.15, -0.1) is 0 Å². The number of pyridine rings is 2. The van der Waals surface area contributed by atoms with Gasteiger partial charge in [0.15, 0.2) is 0 Å². The van der Waals surface area contributed by atoms with Crippen LogP contribution in [0.3, 0.4) is 0 Å². The summed E-state index contributed by atoms with van der Waals surface area (Å²) in [6.45, 7) is 0. The topological polar surface area (TPSA) is 58.0 Å². The van der Waals surface area contributed by atoms with E-state index in [0.717, 1.165) is 16.8 Å².